The van der Waals surface area contributed by atoms with E-state index in [0.29, 0.717) is 16.5 Å². The third kappa shape index (κ3) is 4.48. The van der Waals surface area contributed by atoms with Crippen LogP contribution in [0.5, 0.6) is 11.5 Å². The minimum Gasteiger partial charge on any atom is -0.481 e. The van der Waals surface area contributed by atoms with Gasteiger partial charge in [0.2, 0.25) is 0 Å². The fourth-order valence-electron chi connectivity index (χ4n) is 1.97. The second kappa shape index (κ2) is 7.49. The summed E-state index contributed by atoms with van der Waals surface area (Å²) in [7, 11) is 0. The van der Waals surface area contributed by atoms with Crippen LogP contribution < -0.4 is 9.47 Å². The molecule has 0 aromatic heterocycles. The van der Waals surface area contributed by atoms with Gasteiger partial charge >= 0.3 is 5.97 Å². The maximum Gasteiger partial charge on any atom is 0.349 e. The van der Waals surface area contributed by atoms with Gasteiger partial charge in [0, 0.05) is 8.95 Å². The summed E-state index contributed by atoms with van der Waals surface area (Å²) < 4.78 is 12.6. The van der Waals surface area contributed by atoms with E-state index in [0.717, 1.165) is 20.1 Å². The number of rotatable bonds is 4. The molecular formula is C16H13Br2ClO3. The fraction of sp³-hybridized carbons (Fsp3) is 0.188. The number of carbonyl (C=O) groups is 1. The second-order valence-electron chi connectivity index (χ2n) is 4.71. The highest BCUT2D eigenvalue weighted by Crippen LogP contribution is 2.29. The average molecular weight is 449 g/mol. The summed E-state index contributed by atoms with van der Waals surface area (Å²) in [6.07, 6.45) is 0. The van der Waals surface area contributed by atoms with E-state index in [4.69, 9.17) is 21.1 Å². The summed E-state index contributed by atoms with van der Waals surface area (Å²) in [6, 6.07) is 8.89. The summed E-state index contributed by atoms with van der Waals surface area (Å²) in [4.78, 5) is 11.9. The Labute approximate surface area is 150 Å². The largest absolute Gasteiger partial charge is 0.481 e. The molecule has 0 N–H and O–H groups in total. The predicted molar refractivity (Wildman–Crippen MR) is 93.9 cm³/mol. The number of benzene rings is 2. The van der Waals surface area contributed by atoms with Gasteiger partial charge < -0.3 is 9.47 Å². The van der Waals surface area contributed by atoms with E-state index >= 15 is 0 Å². The van der Waals surface area contributed by atoms with Crippen LogP contribution in [0, 0.1) is 13.8 Å². The molecule has 2 aromatic rings. The molecule has 0 saturated carbocycles. The Morgan fingerprint density at radius 2 is 1.73 bits per heavy atom. The van der Waals surface area contributed by atoms with Crippen molar-refractivity contribution in [1.29, 1.82) is 0 Å². The molecule has 6 heteroatoms. The maximum absolute atomic E-state index is 11.9. The molecule has 0 heterocycles. The lowest BCUT2D eigenvalue weighted by Crippen LogP contribution is -2.18. The van der Waals surface area contributed by atoms with Gasteiger partial charge in [0.05, 0.1) is 5.02 Å². The summed E-state index contributed by atoms with van der Waals surface area (Å²) in [5.74, 6) is 0.482. The van der Waals surface area contributed by atoms with Crippen molar-refractivity contribution in [2.24, 2.45) is 0 Å². The first-order valence-corrected chi connectivity index (χ1v) is 8.38. The Hall–Kier alpha value is -1.04. The Morgan fingerprint density at radius 1 is 1.09 bits per heavy atom. The number of hydrogen-bond donors (Lipinski definition) is 0. The number of hydrogen-bond acceptors (Lipinski definition) is 3. The molecule has 0 radical (unpaired) electrons. The van der Waals surface area contributed by atoms with Gasteiger partial charge in [-0.15, -0.1) is 0 Å². The maximum atomic E-state index is 11.9. The van der Waals surface area contributed by atoms with Gasteiger partial charge in [-0.3, -0.25) is 0 Å². The first-order valence-electron chi connectivity index (χ1n) is 6.42. The normalized spacial score (nSPS) is 10.4. The monoisotopic (exact) mass is 446 g/mol. The SMILES string of the molecule is Cc1cc(Br)cc(C)c1OCC(=O)Oc1ccc(Br)cc1Cl. The summed E-state index contributed by atoms with van der Waals surface area (Å²) in [5.41, 5.74) is 1.89. The topological polar surface area (TPSA) is 35.5 Å². The number of esters is 1. The van der Waals surface area contributed by atoms with Crippen LogP contribution in [0.1, 0.15) is 11.1 Å². The van der Waals surface area contributed by atoms with Crippen molar-refractivity contribution >= 4 is 49.4 Å². The van der Waals surface area contributed by atoms with E-state index in [1.807, 2.05) is 26.0 Å². The molecule has 0 fully saturated rings. The Morgan fingerprint density at radius 3 is 2.32 bits per heavy atom. The molecule has 2 aromatic carbocycles. The van der Waals surface area contributed by atoms with Crippen molar-refractivity contribution in [3.8, 4) is 11.5 Å². The Kier molecular flexibility index (Phi) is 5.89. The molecule has 0 bridgehead atoms. The van der Waals surface area contributed by atoms with Gasteiger partial charge in [0.1, 0.15) is 11.5 Å². The quantitative estimate of drug-likeness (QED) is 0.460. The van der Waals surface area contributed by atoms with Gasteiger partial charge in [0.15, 0.2) is 6.61 Å². The molecule has 0 amide bonds. The predicted octanol–water partition coefficient (Wildman–Crippen LogP) is 5.47. The summed E-state index contributed by atoms with van der Waals surface area (Å²) in [5, 5.41) is 0.360. The van der Waals surface area contributed by atoms with Gasteiger partial charge in [-0.2, -0.15) is 0 Å². The zero-order chi connectivity index (χ0) is 16.3. The van der Waals surface area contributed by atoms with Crippen LogP contribution in [0.4, 0.5) is 0 Å². The average Bonchev–Trinajstić information content (AvgIpc) is 2.40. The van der Waals surface area contributed by atoms with Crippen LogP contribution in [-0.2, 0) is 4.79 Å². The number of carbonyl (C=O) groups excluding carboxylic acids is 1. The minimum atomic E-state index is -0.508. The molecule has 0 saturated heterocycles. The van der Waals surface area contributed by atoms with Crippen LogP contribution in [-0.4, -0.2) is 12.6 Å². The smallest absolute Gasteiger partial charge is 0.349 e. The van der Waals surface area contributed by atoms with Gasteiger partial charge in [-0.1, -0.05) is 43.5 Å². The fourth-order valence-corrected chi connectivity index (χ4v) is 3.37. The molecular weight excluding hydrogens is 435 g/mol. The Balaban J connectivity index is 2.02. The number of ether oxygens (including phenoxy) is 2. The lowest BCUT2D eigenvalue weighted by molar-refractivity contribution is -0.136. The highest BCUT2D eigenvalue weighted by atomic mass is 79.9. The van der Waals surface area contributed by atoms with Gasteiger partial charge in [-0.25, -0.2) is 4.79 Å². The van der Waals surface area contributed by atoms with E-state index < -0.39 is 5.97 Å². The van der Waals surface area contributed by atoms with Crippen LogP contribution in [0.25, 0.3) is 0 Å². The third-order valence-electron chi connectivity index (χ3n) is 2.88. The molecule has 0 aliphatic rings. The molecule has 0 atom stereocenters. The number of halogens is 3. The van der Waals surface area contributed by atoms with Crippen LogP contribution in [0.2, 0.25) is 5.02 Å². The van der Waals surface area contributed by atoms with Gasteiger partial charge in [0.25, 0.3) is 0 Å². The molecule has 0 aliphatic carbocycles. The number of aryl methyl sites for hydroxylation is 2. The lowest BCUT2D eigenvalue weighted by atomic mass is 10.1. The second-order valence-corrected chi connectivity index (χ2v) is 6.94. The summed E-state index contributed by atoms with van der Waals surface area (Å²) >= 11 is 12.7. The standard InChI is InChI=1S/C16H13Br2ClO3/c1-9-5-12(18)6-10(2)16(9)21-8-15(20)22-14-4-3-11(17)7-13(14)19/h3-7H,8H2,1-2H3. The van der Waals surface area contributed by atoms with Crippen LogP contribution in [0.3, 0.4) is 0 Å². The molecule has 0 aliphatic heterocycles. The van der Waals surface area contributed by atoms with E-state index in [2.05, 4.69) is 31.9 Å². The molecule has 116 valence electrons. The zero-order valence-corrected chi connectivity index (χ0v) is 15.9. The lowest BCUT2D eigenvalue weighted by Gasteiger charge is -2.12. The molecule has 0 spiro atoms. The third-order valence-corrected chi connectivity index (χ3v) is 4.12. The highest BCUT2D eigenvalue weighted by molar-refractivity contribution is 9.10. The minimum absolute atomic E-state index is 0.185. The van der Waals surface area contributed by atoms with Crippen molar-refractivity contribution in [3.63, 3.8) is 0 Å². The van der Waals surface area contributed by atoms with E-state index in [9.17, 15) is 4.79 Å². The van der Waals surface area contributed by atoms with E-state index in [1.54, 1.807) is 18.2 Å². The molecule has 3 nitrogen and oxygen atoms in total. The first-order chi connectivity index (χ1) is 10.4. The van der Waals surface area contributed by atoms with Crippen molar-refractivity contribution in [1.82, 2.24) is 0 Å². The van der Waals surface area contributed by atoms with Gasteiger partial charge in [-0.05, 0) is 55.3 Å². The zero-order valence-electron chi connectivity index (χ0n) is 12.0. The molecule has 22 heavy (non-hydrogen) atoms. The molecule has 2 rings (SSSR count). The Bertz CT molecular complexity index is 694. The summed E-state index contributed by atoms with van der Waals surface area (Å²) in [6.45, 7) is 3.66. The molecule has 0 unspecified atom stereocenters. The van der Waals surface area contributed by atoms with E-state index in [1.165, 1.54) is 0 Å². The van der Waals surface area contributed by atoms with E-state index in [-0.39, 0.29) is 6.61 Å². The van der Waals surface area contributed by atoms with Crippen LogP contribution >= 0.6 is 43.5 Å². The van der Waals surface area contributed by atoms with Crippen molar-refractivity contribution in [2.75, 3.05) is 6.61 Å². The first kappa shape index (κ1) is 17.3. The van der Waals surface area contributed by atoms with Crippen molar-refractivity contribution in [2.45, 2.75) is 13.8 Å². The van der Waals surface area contributed by atoms with Crippen molar-refractivity contribution in [3.05, 3.63) is 55.4 Å². The van der Waals surface area contributed by atoms with Crippen molar-refractivity contribution < 1.29 is 14.3 Å². The highest BCUT2D eigenvalue weighted by Gasteiger charge is 2.12. The van der Waals surface area contributed by atoms with Crippen LogP contribution in [0.15, 0.2) is 39.3 Å².